The van der Waals surface area contributed by atoms with E-state index in [2.05, 4.69) is 16.7 Å². The molecule has 1 aromatic heterocycles. The van der Waals surface area contributed by atoms with E-state index in [1.165, 1.54) is 17.9 Å². The lowest BCUT2D eigenvalue weighted by Gasteiger charge is -2.26. The molecule has 2 amide bonds. The molecule has 7 heteroatoms. The molecule has 154 valence electrons. The molecule has 1 heterocycles. The Hall–Kier alpha value is -3.09. The Morgan fingerprint density at radius 2 is 1.97 bits per heavy atom. The molecule has 0 fully saturated rings. The van der Waals surface area contributed by atoms with E-state index >= 15 is 0 Å². The summed E-state index contributed by atoms with van der Waals surface area (Å²) in [4.78, 5) is 36.9. The predicted molar refractivity (Wildman–Crippen MR) is 106 cm³/mol. The van der Waals surface area contributed by atoms with E-state index in [-0.39, 0.29) is 23.6 Å². The standard InChI is InChI=1S/C22H26N2O5/c1-14(2)20(24-21(26)18-11-6-12-28-18)22(27)29-13-19(25)23-17-10-5-8-15-7-3-4-9-16(15)17/h3-4,6-7,9,11-12,14,17,20H,5,8,10,13H2,1-2H3,(H,23,25)(H,24,26)/t17?,20-/m1/s1. The zero-order chi connectivity index (χ0) is 20.8. The number of carbonyl (C=O) groups is 3. The molecule has 3 rings (SSSR count). The van der Waals surface area contributed by atoms with Gasteiger partial charge in [0.2, 0.25) is 0 Å². The molecule has 1 aliphatic rings. The maximum absolute atomic E-state index is 12.4. The first-order valence-electron chi connectivity index (χ1n) is 9.84. The number of esters is 1. The number of aryl methyl sites for hydroxylation is 1. The highest BCUT2D eigenvalue weighted by molar-refractivity contribution is 5.94. The second-order valence-electron chi connectivity index (χ2n) is 7.49. The molecule has 7 nitrogen and oxygen atoms in total. The molecule has 0 bridgehead atoms. The number of fused-ring (bicyclic) bond motifs is 1. The maximum atomic E-state index is 12.4. The molecule has 2 aromatic rings. The Kier molecular flexibility index (Phi) is 6.69. The summed E-state index contributed by atoms with van der Waals surface area (Å²) in [5.41, 5.74) is 2.35. The maximum Gasteiger partial charge on any atom is 0.329 e. The van der Waals surface area contributed by atoms with Crippen LogP contribution in [0.2, 0.25) is 0 Å². The summed E-state index contributed by atoms with van der Waals surface area (Å²) in [6.07, 6.45) is 4.23. The number of amides is 2. The second-order valence-corrected chi connectivity index (χ2v) is 7.49. The lowest BCUT2D eigenvalue weighted by Crippen LogP contribution is -2.46. The van der Waals surface area contributed by atoms with Gasteiger partial charge in [-0.15, -0.1) is 0 Å². The zero-order valence-corrected chi connectivity index (χ0v) is 16.6. The number of nitrogens with one attached hydrogen (secondary N) is 2. The van der Waals surface area contributed by atoms with Gasteiger partial charge in [0, 0.05) is 0 Å². The number of ether oxygens (including phenoxy) is 1. The summed E-state index contributed by atoms with van der Waals surface area (Å²) >= 11 is 0. The highest BCUT2D eigenvalue weighted by Crippen LogP contribution is 2.29. The number of hydrogen-bond donors (Lipinski definition) is 2. The summed E-state index contributed by atoms with van der Waals surface area (Å²) in [5.74, 6) is -1.63. The Bertz CT molecular complexity index is 860. The minimum absolute atomic E-state index is 0.0781. The summed E-state index contributed by atoms with van der Waals surface area (Å²) in [5, 5.41) is 5.54. The Morgan fingerprint density at radius 3 is 2.69 bits per heavy atom. The van der Waals surface area contributed by atoms with E-state index in [9.17, 15) is 14.4 Å². The van der Waals surface area contributed by atoms with Crippen LogP contribution in [0.25, 0.3) is 0 Å². The third kappa shape index (κ3) is 5.25. The van der Waals surface area contributed by atoms with Crippen molar-refractivity contribution in [2.75, 3.05) is 6.61 Å². The summed E-state index contributed by atoms with van der Waals surface area (Å²) in [7, 11) is 0. The van der Waals surface area contributed by atoms with E-state index in [0.29, 0.717) is 0 Å². The third-order valence-corrected chi connectivity index (χ3v) is 5.00. The molecular formula is C22H26N2O5. The van der Waals surface area contributed by atoms with Gasteiger partial charge < -0.3 is 19.8 Å². The van der Waals surface area contributed by atoms with Gasteiger partial charge in [-0.2, -0.15) is 0 Å². The summed E-state index contributed by atoms with van der Waals surface area (Å²) in [6.45, 7) is 3.18. The van der Waals surface area contributed by atoms with E-state index in [1.807, 2.05) is 18.2 Å². The molecule has 0 radical (unpaired) electrons. The summed E-state index contributed by atoms with van der Waals surface area (Å²) in [6, 6.07) is 10.2. The van der Waals surface area contributed by atoms with Gasteiger partial charge in [-0.25, -0.2) is 4.79 Å². The van der Waals surface area contributed by atoms with Crippen LogP contribution in [0, 0.1) is 5.92 Å². The van der Waals surface area contributed by atoms with Crippen molar-refractivity contribution in [3.8, 4) is 0 Å². The van der Waals surface area contributed by atoms with Crippen molar-refractivity contribution < 1.29 is 23.5 Å². The smallest absolute Gasteiger partial charge is 0.329 e. The quantitative estimate of drug-likeness (QED) is 0.699. The molecular weight excluding hydrogens is 372 g/mol. The van der Waals surface area contributed by atoms with E-state index < -0.39 is 24.5 Å². The molecule has 0 spiro atoms. The predicted octanol–water partition coefficient (Wildman–Crippen LogP) is 2.77. The van der Waals surface area contributed by atoms with Crippen molar-refractivity contribution in [1.29, 1.82) is 0 Å². The molecule has 29 heavy (non-hydrogen) atoms. The van der Waals surface area contributed by atoms with Crippen LogP contribution in [0.5, 0.6) is 0 Å². The molecule has 1 aromatic carbocycles. The molecule has 1 aliphatic carbocycles. The fourth-order valence-electron chi connectivity index (χ4n) is 3.48. The Balaban J connectivity index is 1.53. The van der Waals surface area contributed by atoms with Crippen LogP contribution in [0.15, 0.2) is 47.1 Å². The van der Waals surface area contributed by atoms with Gasteiger partial charge in [-0.1, -0.05) is 38.1 Å². The average Bonchev–Trinajstić information content (AvgIpc) is 3.25. The Labute approximate surface area is 169 Å². The van der Waals surface area contributed by atoms with Crippen LogP contribution in [0.1, 0.15) is 54.4 Å². The number of hydrogen-bond acceptors (Lipinski definition) is 5. The number of furan rings is 1. The van der Waals surface area contributed by atoms with E-state index in [4.69, 9.17) is 9.15 Å². The second kappa shape index (κ2) is 9.41. The van der Waals surface area contributed by atoms with Crippen molar-refractivity contribution in [2.45, 2.75) is 45.2 Å². The first-order valence-corrected chi connectivity index (χ1v) is 9.84. The molecule has 0 aliphatic heterocycles. The van der Waals surface area contributed by atoms with Crippen LogP contribution in [0.4, 0.5) is 0 Å². The summed E-state index contributed by atoms with van der Waals surface area (Å²) < 4.78 is 10.2. The topological polar surface area (TPSA) is 97.6 Å². The van der Waals surface area contributed by atoms with Crippen LogP contribution >= 0.6 is 0 Å². The lowest BCUT2D eigenvalue weighted by molar-refractivity contribution is -0.151. The van der Waals surface area contributed by atoms with Gasteiger partial charge in [0.1, 0.15) is 6.04 Å². The minimum atomic E-state index is -0.879. The minimum Gasteiger partial charge on any atom is -0.459 e. The van der Waals surface area contributed by atoms with Crippen molar-refractivity contribution in [3.05, 3.63) is 59.5 Å². The van der Waals surface area contributed by atoms with Gasteiger partial charge in [0.05, 0.1) is 12.3 Å². The highest BCUT2D eigenvalue weighted by atomic mass is 16.5. The van der Waals surface area contributed by atoms with Gasteiger partial charge in [-0.3, -0.25) is 9.59 Å². The van der Waals surface area contributed by atoms with E-state index in [0.717, 1.165) is 24.8 Å². The largest absolute Gasteiger partial charge is 0.459 e. The van der Waals surface area contributed by atoms with Crippen LogP contribution < -0.4 is 10.6 Å². The van der Waals surface area contributed by atoms with Gasteiger partial charge in [-0.05, 0) is 48.4 Å². The molecule has 2 atom stereocenters. The van der Waals surface area contributed by atoms with Crippen LogP contribution in [-0.4, -0.2) is 30.4 Å². The third-order valence-electron chi connectivity index (χ3n) is 5.00. The number of carbonyl (C=O) groups excluding carboxylic acids is 3. The highest BCUT2D eigenvalue weighted by Gasteiger charge is 2.28. The Morgan fingerprint density at radius 1 is 1.17 bits per heavy atom. The molecule has 0 saturated carbocycles. The SMILES string of the molecule is CC(C)[C@@H](NC(=O)c1ccco1)C(=O)OCC(=O)NC1CCCc2ccccc21. The average molecular weight is 398 g/mol. The van der Waals surface area contributed by atoms with Crippen molar-refractivity contribution in [2.24, 2.45) is 5.92 Å². The number of rotatable bonds is 7. The van der Waals surface area contributed by atoms with Crippen LogP contribution in [-0.2, 0) is 20.7 Å². The fourth-order valence-corrected chi connectivity index (χ4v) is 3.48. The van der Waals surface area contributed by atoms with Gasteiger partial charge in [0.15, 0.2) is 12.4 Å². The van der Waals surface area contributed by atoms with E-state index in [1.54, 1.807) is 19.9 Å². The number of benzene rings is 1. The van der Waals surface area contributed by atoms with Crippen LogP contribution in [0.3, 0.4) is 0 Å². The molecule has 2 N–H and O–H groups in total. The first kappa shape index (κ1) is 20.6. The zero-order valence-electron chi connectivity index (χ0n) is 16.6. The first-order chi connectivity index (χ1) is 14.0. The van der Waals surface area contributed by atoms with Crippen molar-refractivity contribution >= 4 is 17.8 Å². The van der Waals surface area contributed by atoms with Gasteiger partial charge >= 0.3 is 5.97 Å². The van der Waals surface area contributed by atoms with Gasteiger partial charge in [0.25, 0.3) is 11.8 Å². The van der Waals surface area contributed by atoms with Crippen molar-refractivity contribution in [1.82, 2.24) is 10.6 Å². The normalized spacial score (nSPS) is 16.6. The fraction of sp³-hybridized carbons (Fsp3) is 0.409. The van der Waals surface area contributed by atoms with Crippen molar-refractivity contribution in [3.63, 3.8) is 0 Å². The monoisotopic (exact) mass is 398 g/mol. The molecule has 0 saturated heterocycles. The molecule has 1 unspecified atom stereocenters. The lowest BCUT2D eigenvalue weighted by atomic mass is 9.88.